The lowest BCUT2D eigenvalue weighted by Crippen LogP contribution is -2.13. The summed E-state index contributed by atoms with van der Waals surface area (Å²) < 4.78 is 5.57. The van der Waals surface area contributed by atoms with Crippen molar-refractivity contribution in [1.29, 1.82) is 0 Å². The first kappa shape index (κ1) is 11.0. The maximum absolute atomic E-state index is 10.8. The molecule has 5 heteroatoms. The van der Waals surface area contributed by atoms with Gasteiger partial charge in [0.05, 0.1) is 0 Å². The Morgan fingerprint density at radius 2 is 2.44 bits per heavy atom. The summed E-state index contributed by atoms with van der Waals surface area (Å²) >= 11 is 0. The van der Waals surface area contributed by atoms with Gasteiger partial charge < -0.3 is 9.84 Å². The van der Waals surface area contributed by atoms with Crippen molar-refractivity contribution in [3.05, 3.63) is 23.8 Å². The molecule has 1 heterocycles. The van der Waals surface area contributed by atoms with Crippen molar-refractivity contribution in [3.8, 4) is 0 Å². The molecule has 0 aromatic carbocycles. The molecule has 1 aromatic heterocycles. The number of carboxylic acids is 1. The van der Waals surface area contributed by atoms with Crippen LogP contribution < -0.4 is 0 Å². The zero-order valence-electron chi connectivity index (χ0n) is 9.09. The van der Waals surface area contributed by atoms with Crippen LogP contribution in [0.2, 0.25) is 0 Å². The molecule has 0 saturated heterocycles. The van der Waals surface area contributed by atoms with Gasteiger partial charge in [-0.1, -0.05) is 0 Å². The van der Waals surface area contributed by atoms with Crippen LogP contribution in [0.1, 0.15) is 42.2 Å². The second kappa shape index (κ2) is 4.57. The van der Waals surface area contributed by atoms with Gasteiger partial charge in [0.15, 0.2) is 11.5 Å². The van der Waals surface area contributed by atoms with Crippen molar-refractivity contribution in [3.63, 3.8) is 0 Å². The van der Waals surface area contributed by atoms with E-state index in [1.165, 1.54) is 12.3 Å². The van der Waals surface area contributed by atoms with E-state index in [9.17, 15) is 4.79 Å². The highest BCUT2D eigenvalue weighted by Crippen LogP contribution is 2.42. The van der Waals surface area contributed by atoms with E-state index in [4.69, 9.17) is 9.84 Å². The Morgan fingerprint density at radius 1 is 1.69 bits per heavy atom. The molecule has 0 aliphatic heterocycles. The first-order valence-electron chi connectivity index (χ1n) is 5.40. The van der Waals surface area contributed by atoms with Crippen LogP contribution in [0.15, 0.2) is 12.3 Å². The first-order valence-corrected chi connectivity index (χ1v) is 5.40. The number of carbonyl (C=O) groups is 1. The van der Waals surface area contributed by atoms with Gasteiger partial charge in [-0.25, -0.2) is 14.8 Å². The molecule has 0 amide bonds. The van der Waals surface area contributed by atoms with Crippen molar-refractivity contribution < 1.29 is 14.6 Å². The van der Waals surface area contributed by atoms with Crippen molar-refractivity contribution in [2.24, 2.45) is 5.92 Å². The van der Waals surface area contributed by atoms with Gasteiger partial charge in [0.25, 0.3) is 0 Å². The van der Waals surface area contributed by atoms with Crippen LogP contribution in [0.25, 0.3) is 0 Å². The number of aromatic nitrogens is 2. The summed E-state index contributed by atoms with van der Waals surface area (Å²) in [5, 5.41) is 8.84. The normalized spacial score (nSPS) is 17.1. The molecule has 1 aliphatic rings. The molecule has 1 aromatic rings. The van der Waals surface area contributed by atoms with E-state index in [-0.39, 0.29) is 11.8 Å². The van der Waals surface area contributed by atoms with Crippen molar-refractivity contribution >= 4 is 5.97 Å². The van der Waals surface area contributed by atoms with Gasteiger partial charge in [0, 0.05) is 12.8 Å². The predicted octanol–water partition coefficient (Wildman–Crippen LogP) is 1.66. The minimum absolute atomic E-state index is 0.0235. The summed E-state index contributed by atoms with van der Waals surface area (Å²) in [5.41, 5.74) is 0.0235. The molecular formula is C11H14N2O3. The highest BCUT2D eigenvalue weighted by molar-refractivity contribution is 5.85. The number of hydrogen-bond acceptors (Lipinski definition) is 4. The third-order valence-corrected chi connectivity index (χ3v) is 2.54. The molecule has 2 rings (SSSR count). The Labute approximate surface area is 93.5 Å². The Balaban J connectivity index is 2.22. The van der Waals surface area contributed by atoms with E-state index in [0.29, 0.717) is 18.3 Å². The van der Waals surface area contributed by atoms with E-state index < -0.39 is 5.97 Å². The van der Waals surface area contributed by atoms with Crippen molar-refractivity contribution in [2.45, 2.75) is 25.9 Å². The number of carboxylic acid groups (broad SMARTS) is 1. The summed E-state index contributed by atoms with van der Waals surface area (Å²) in [6.45, 7) is 2.50. The van der Waals surface area contributed by atoms with Gasteiger partial charge >= 0.3 is 5.97 Å². The Bertz CT molecular complexity index is 391. The van der Waals surface area contributed by atoms with Crippen LogP contribution in [0, 0.1) is 5.92 Å². The lowest BCUT2D eigenvalue weighted by atomic mass is 10.2. The molecule has 0 spiro atoms. The number of ether oxygens (including phenoxy) is 1. The van der Waals surface area contributed by atoms with E-state index >= 15 is 0 Å². The van der Waals surface area contributed by atoms with Gasteiger partial charge in [0.2, 0.25) is 0 Å². The third kappa shape index (κ3) is 2.36. The minimum Gasteiger partial charge on any atom is -0.477 e. The molecule has 0 radical (unpaired) electrons. The summed E-state index contributed by atoms with van der Waals surface area (Å²) in [4.78, 5) is 18.9. The predicted molar refractivity (Wildman–Crippen MR) is 56.1 cm³/mol. The SMILES string of the molecule is CCOC(c1nccc(C(=O)O)n1)C1CC1. The van der Waals surface area contributed by atoms with Crippen LogP contribution >= 0.6 is 0 Å². The maximum Gasteiger partial charge on any atom is 0.354 e. The Hall–Kier alpha value is -1.49. The van der Waals surface area contributed by atoms with E-state index in [1.54, 1.807) is 0 Å². The molecule has 86 valence electrons. The van der Waals surface area contributed by atoms with E-state index in [1.807, 2.05) is 6.92 Å². The Kier molecular flexibility index (Phi) is 3.14. The molecule has 1 saturated carbocycles. The molecule has 1 aliphatic carbocycles. The molecule has 1 fully saturated rings. The number of nitrogens with zero attached hydrogens (tertiary/aromatic N) is 2. The fourth-order valence-electron chi connectivity index (χ4n) is 1.63. The second-order valence-corrected chi connectivity index (χ2v) is 3.82. The fraction of sp³-hybridized carbons (Fsp3) is 0.545. The summed E-state index contributed by atoms with van der Waals surface area (Å²) in [5.74, 6) is -0.0945. The van der Waals surface area contributed by atoms with Crippen LogP contribution in [0.5, 0.6) is 0 Å². The lowest BCUT2D eigenvalue weighted by molar-refractivity contribution is 0.0396. The van der Waals surface area contributed by atoms with Crippen molar-refractivity contribution in [2.75, 3.05) is 6.61 Å². The topological polar surface area (TPSA) is 72.3 Å². The highest BCUT2D eigenvalue weighted by Gasteiger charge is 2.35. The van der Waals surface area contributed by atoms with Gasteiger partial charge in [-0.05, 0) is 31.7 Å². The van der Waals surface area contributed by atoms with Gasteiger partial charge in [-0.2, -0.15) is 0 Å². The lowest BCUT2D eigenvalue weighted by Gasteiger charge is -2.14. The molecule has 0 bridgehead atoms. The molecule has 1 unspecified atom stereocenters. The van der Waals surface area contributed by atoms with Crippen LogP contribution in [-0.2, 0) is 4.74 Å². The average molecular weight is 222 g/mol. The number of hydrogen-bond donors (Lipinski definition) is 1. The molecule has 5 nitrogen and oxygen atoms in total. The quantitative estimate of drug-likeness (QED) is 0.820. The second-order valence-electron chi connectivity index (χ2n) is 3.82. The monoisotopic (exact) mass is 222 g/mol. The first-order chi connectivity index (χ1) is 7.72. The highest BCUT2D eigenvalue weighted by atomic mass is 16.5. The number of rotatable bonds is 5. The standard InChI is InChI=1S/C11H14N2O3/c1-2-16-9(7-3-4-7)10-12-6-5-8(13-10)11(14)15/h5-7,9H,2-4H2,1H3,(H,14,15). The van der Waals surface area contributed by atoms with Crippen LogP contribution in [0.3, 0.4) is 0 Å². The maximum atomic E-state index is 10.8. The minimum atomic E-state index is -1.03. The zero-order chi connectivity index (χ0) is 11.5. The molecule has 1 N–H and O–H groups in total. The van der Waals surface area contributed by atoms with Crippen LogP contribution in [-0.4, -0.2) is 27.7 Å². The summed E-state index contributed by atoms with van der Waals surface area (Å²) in [7, 11) is 0. The molecule has 1 atom stereocenters. The average Bonchev–Trinajstić information content (AvgIpc) is 3.10. The fourth-order valence-corrected chi connectivity index (χ4v) is 1.63. The van der Waals surface area contributed by atoms with Gasteiger partial charge in [-0.15, -0.1) is 0 Å². The van der Waals surface area contributed by atoms with Crippen molar-refractivity contribution in [1.82, 2.24) is 9.97 Å². The Morgan fingerprint density at radius 3 is 3.00 bits per heavy atom. The van der Waals surface area contributed by atoms with E-state index in [2.05, 4.69) is 9.97 Å². The van der Waals surface area contributed by atoms with Gasteiger partial charge in [-0.3, -0.25) is 0 Å². The van der Waals surface area contributed by atoms with E-state index in [0.717, 1.165) is 12.8 Å². The summed E-state index contributed by atoms with van der Waals surface area (Å²) in [6.07, 6.45) is 3.53. The molecule has 16 heavy (non-hydrogen) atoms. The smallest absolute Gasteiger partial charge is 0.354 e. The largest absolute Gasteiger partial charge is 0.477 e. The molecular weight excluding hydrogens is 208 g/mol. The third-order valence-electron chi connectivity index (χ3n) is 2.54. The summed E-state index contributed by atoms with van der Waals surface area (Å²) in [6, 6.07) is 1.39. The van der Waals surface area contributed by atoms with Crippen LogP contribution in [0.4, 0.5) is 0 Å². The van der Waals surface area contributed by atoms with Gasteiger partial charge in [0.1, 0.15) is 6.10 Å². The number of aromatic carboxylic acids is 1. The zero-order valence-corrected chi connectivity index (χ0v) is 9.09.